The molecule has 94 valence electrons. The molecule has 2 rings (SSSR count). The fourth-order valence-electron chi connectivity index (χ4n) is 1.71. The van der Waals surface area contributed by atoms with Crippen LogP contribution in [0.1, 0.15) is 21.7 Å². The molecule has 5 heteroatoms. The molecule has 0 aliphatic rings. The number of amides is 1. The molecule has 0 aliphatic carbocycles. The molecule has 2 aromatic rings. The van der Waals surface area contributed by atoms with Crippen LogP contribution in [0.25, 0.3) is 0 Å². The van der Waals surface area contributed by atoms with E-state index in [4.69, 9.17) is 0 Å². The average molecular weight is 247 g/mol. The summed E-state index contributed by atoms with van der Waals surface area (Å²) in [6.45, 7) is 2.20. The van der Waals surface area contributed by atoms with Gasteiger partial charge in [-0.05, 0) is 30.7 Å². The minimum Gasteiger partial charge on any atom is -0.352 e. The van der Waals surface area contributed by atoms with E-state index in [2.05, 4.69) is 15.3 Å². The van der Waals surface area contributed by atoms with Crippen molar-refractivity contribution in [2.24, 2.45) is 0 Å². The zero-order valence-electron chi connectivity index (χ0n) is 10.0. The Hall–Kier alpha value is -2.17. The molecule has 4 nitrogen and oxygen atoms in total. The van der Waals surface area contributed by atoms with Crippen LogP contribution in [0, 0.1) is 12.7 Å². The van der Waals surface area contributed by atoms with Gasteiger partial charge in [0.1, 0.15) is 11.6 Å². The van der Waals surface area contributed by atoms with Gasteiger partial charge in [-0.3, -0.25) is 4.79 Å². The van der Waals surface area contributed by atoms with Crippen molar-refractivity contribution >= 4 is 5.91 Å². The van der Waals surface area contributed by atoms with Crippen molar-refractivity contribution in [1.82, 2.24) is 15.3 Å². The first-order valence-corrected chi connectivity index (χ1v) is 5.69. The van der Waals surface area contributed by atoms with Crippen molar-refractivity contribution in [3.05, 3.63) is 53.4 Å². The number of halogens is 1. The van der Waals surface area contributed by atoms with E-state index in [1.54, 1.807) is 19.3 Å². The van der Waals surface area contributed by atoms with E-state index in [-0.39, 0.29) is 11.7 Å². The lowest BCUT2D eigenvalue weighted by Crippen LogP contribution is -2.26. The van der Waals surface area contributed by atoms with E-state index in [0.717, 1.165) is 5.82 Å². The number of benzene rings is 1. The zero-order valence-corrected chi connectivity index (χ0v) is 10.0. The highest BCUT2D eigenvalue weighted by Gasteiger charge is 2.09. The van der Waals surface area contributed by atoms with Gasteiger partial charge in [-0.25, -0.2) is 9.37 Å². The number of H-pyrrole nitrogens is 1. The Morgan fingerprint density at radius 1 is 1.50 bits per heavy atom. The maximum Gasteiger partial charge on any atom is 0.251 e. The number of aromatic nitrogens is 2. The first-order chi connectivity index (χ1) is 8.66. The van der Waals surface area contributed by atoms with Crippen LogP contribution < -0.4 is 5.32 Å². The van der Waals surface area contributed by atoms with E-state index < -0.39 is 0 Å². The molecule has 0 atom stereocenters. The standard InChI is InChI=1S/C13H14FN3O/c1-9-8-10(14)2-3-11(9)13(18)17-5-4-12-15-6-7-16-12/h2-3,6-8H,4-5H2,1H3,(H,15,16)(H,17,18). The third kappa shape index (κ3) is 2.94. The maximum absolute atomic E-state index is 12.9. The van der Waals surface area contributed by atoms with Gasteiger partial charge in [0.25, 0.3) is 5.91 Å². The molecule has 0 bridgehead atoms. The van der Waals surface area contributed by atoms with Crippen molar-refractivity contribution < 1.29 is 9.18 Å². The maximum atomic E-state index is 12.9. The van der Waals surface area contributed by atoms with Crippen LogP contribution in [0.15, 0.2) is 30.6 Å². The summed E-state index contributed by atoms with van der Waals surface area (Å²) >= 11 is 0. The van der Waals surface area contributed by atoms with Gasteiger partial charge < -0.3 is 10.3 Å². The minimum absolute atomic E-state index is 0.195. The van der Waals surface area contributed by atoms with Crippen molar-refractivity contribution in [2.75, 3.05) is 6.54 Å². The zero-order chi connectivity index (χ0) is 13.0. The molecule has 0 spiro atoms. The predicted molar refractivity (Wildman–Crippen MR) is 65.8 cm³/mol. The highest BCUT2D eigenvalue weighted by Crippen LogP contribution is 2.09. The van der Waals surface area contributed by atoms with Crippen molar-refractivity contribution in [1.29, 1.82) is 0 Å². The number of nitrogens with one attached hydrogen (secondary N) is 2. The van der Waals surface area contributed by atoms with E-state index in [1.807, 2.05) is 0 Å². The summed E-state index contributed by atoms with van der Waals surface area (Å²) in [5.74, 6) is 0.296. The average Bonchev–Trinajstić information content (AvgIpc) is 2.81. The van der Waals surface area contributed by atoms with Crippen LogP contribution in [-0.4, -0.2) is 22.4 Å². The number of aromatic amines is 1. The third-order valence-electron chi connectivity index (χ3n) is 2.64. The van der Waals surface area contributed by atoms with Crippen LogP contribution in [0.3, 0.4) is 0 Å². The molecule has 0 aliphatic heterocycles. The normalized spacial score (nSPS) is 10.3. The molecule has 0 unspecified atom stereocenters. The van der Waals surface area contributed by atoms with E-state index in [9.17, 15) is 9.18 Å². The number of nitrogens with zero attached hydrogens (tertiary/aromatic N) is 1. The summed E-state index contributed by atoms with van der Waals surface area (Å²) in [5, 5.41) is 2.78. The summed E-state index contributed by atoms with van der Waals surface area (Å²) in [6.07, 6.45) is 4.04. The van der Waals surface area contributed by atoms with Crippen molar-refractivity contribution in [3.8, 4) is 0 Å². The molecular formula is C13H14FN3O. The van der Waals surface area contributed by atoms with Crippen LogP contribution in [0.5, 0.6) is 0 Å². The highest BCUT2D eigenvalue weighted by atomic mass is 19.1. The van der Waals surface area contributed by atoms with Gasteiger partial charge in [0.05, 0.1) is 0 Å². The van der Waals surface area contributed by atoms with Gasteiger partial charge >= 0.3 is 0 Å². The van der Waals surface area contributed by atoms with E-state index in [1.165, 1.54) is 18.2 Å². The number of hydrogen-bond acceptors (Lipinski definition) is 2. The Morgan fingerprint density at radius 2 is 2.33 bits per heavy atom. The van der Waals surface area contributed by atoms with Gasteiger partial charge in [-0.15, -0.1) is 0 Å². The first kappa shape index (κ1) is 12.3. The molecule has 0 fully saturated rings. The second-order valence-electron chi connectivity index (χ2n) is 4.00. The predicted octanol–water partition coefficient (Wildman–Crippen LogP) is 1.83. The third-order valence-corrected chi connectivity index (χ3v) is 2.64. The lowest BCUT2D eigenvalue weighted by molar-refractivity contribution is 0.0953. The number of aryl methyl sites for hydroxylation is 1. The summed E-state index contributed by atoms with van der Waals surface area (Å²) in [7, 11) is 0. The SMILES string of the molecule is Cc1cc(F)ccc1C(=O)NCCc1ncc[nH]1. The topological polar surface area (TPSA) is 57.8 Å². The van der Waals surface area contributed by atoms with Gasteiger partial charge in [0.15, 0.2) is 0 Å². The fraction of sp³-hybridized carbons (Fsp3) is 0.231. The Kier molecular flexibility index (Phi) is 3.72. The Bertz CT molecular complexity index is 537. The molecule has 0 saturated heterocycles. The van der Waals surface area contributed by atoms with Gasteiger partial charge in [-0.1, -0.05) is 0 Å². The Labute approximate surface area is 104 Å². The molecule has 18 heavy (non-hydrogen) atoms. The smallest absolute Gasteiger partial charge is 0.251 e. The quantitative estimate of drug-likeness (QED) is 0.866. The first-order valence-electron chi connectivity index (χ1n) is 5.69. The summed E-state index contributed by atoms with van der Waals surface area (Å²) in [5.41, 5.74) is 1.13. The Balaban J connectivity index is 1.91. The summed E-state index contributed by atoms with van der Waals surface area (Å²) < 4.78 is 12.9. The molecule has 0 radical (unpaired) electrons. The lowest BCUT2D eigenvalue weighted by atomic mass is 10.1. The number of rotatable bonds is 4. The number of imidazole rings is 1. The van der Waals surface area contributed by atoms with E-state index in [0.29, 0.717) is 24.1 Å². The molecule has 1 amide bonds. The second-order valence-corrected chi connectivity index (χ2v) is 4.00. The molecule has 1 heterocycles. The molecule has 1 aromatic heterocycles. The van der Waals surface area contributed by atoms with Crippen LogP contribution in [-0.2, 0) is 6.42 Å². The highest BCUT2D eigenvalue weighted by molar-refractivity contribution is 5.95. The van der Waals surface area contributed by atoms with Gasteiger partial charge in [-0.2, -0.15) is 0 Å². The van der Waals surface area contributed by atoms with Crippen LogP contribution >= 0.6 is 0 Å². The minimum atomic E-state index is -0.334. The van der Waals surface area contributed by atoms with Crippen LogP contribution in [0.2, 0.25) is 0 Å². The second kappa shape index (κ2) is 5.44. The fourth-order valence-corrected chi connectivity index (χ4v) is 1.71. The number of carbonyl (C=O) groups excluding carboxylic acids is 1. The largest absolute Gasteiger partial charge is 0.352 e. The summed E-state index contributed by atoms with van der Waals surface area (Å²) in [6, 6.07) is 4.13. The molecular weight excluding hydrogens is 233 g/mol. The lowest BCUT2D eigenvalue weighted by Gasteiger charge is -2.06. The molecule has 2 N–H and O–H groups in total. The number of hydrogen-bond donors (Lipinski definition) is 2. The number of carbonyl (C=O) groups is 1. The van der Waals surface area contributed by atoms with Crippen molar-refractivity contribution in [3.63, 3.8) is 0 Å². The van der Waals surface area contributed by atoms with E-state index >= 15 is 0 Å². The summed E-state index contributed by atoms with van der Waals surface area (Å²) in [4.78, 5) is 18.9. The Morgan fingerprint density at radius 3 is 3.00 bits per heavy atom. The van der Waals surface area contributed by atoms with Crippen LogP contribution in [0.4, 0.5) is 4.39 Å². The monoisotopic (exact) mass is 247 g/mol. The van der Waals surface area contributed by atoms with Gasteiger partial charge in [0, 0.05) is 30.9 Å². The molecule has 0 saturated carbocycles. The van der Waals surface area contributed by atoms with Gasteiger partial charge in [0.2, 0.25) is 0 Å². The molecule has 1 aromatic carbocycles. The van der Waals surface area contributed by atoms with Crippen molar-refractivity contribution in [2.45, 2.75) is 13.3 Å².